The predicted octanol–water partition coefficient (Wildman–Crippen LogP) is 1.95. The van der Waals surface area contributed by atoms with Crippen LogP contribution in [0.15, 0.2) is 35.1 Å². The lowest BCUT2D eigenvalue weighted by Crippen LogP contribution is -2.21. The van der Waals surface area contributed by atoms with Gasteiger partial charge in [-0.3, -0.25) is 9.36 Å². The van der Waals surface area contributed by atoms with Gasteiger partial charge in [0.15, 0.2) is 0 Å². The molecular formula is C15H15NO4. The third-order valence-electron chi connectivity index (χ3n) is 3.15. The Labute approximate surface area is 116 Å². The van der Waals surface area contributed by atoms with Crippen molar-refractivity contribution < 1.29 is 14.6 Å². The summed E-state index contributed by atoms with van der Waals surface area (Å²) < 4.78 is 6.17. The first-order chi connectivity index (χ1) is 9.45. The minimum Gasteiger partial charge on any atom is -0.508 e. The molecule has 1 aromatic carbocycles. The van der Waals surface area contributed by atoms with Crippen LogP contribution in [0.1, 0.15) is 21.6 Å². The number of esters is 1. The van der Waals surface area contributed by atoms with Crippen molar-refractivity contribution in [3.05, 3.63) is 57.5 Å². The van der Waals surface area contributed by atoms with Crippen LogP contribution in [0.3, 0.4) is 0 Å². The maximum Gasteiger partial charge on any atom is 0.338 e. The molecule has 0 aliphatic heterocycles. The Hall–Kier alpha value is -2.56. The molecule has 0 radical (unpaired) electrons. The molecule has 2 rings (SSSR count). The molecule has 20 heavy (non-hydrogen) atoms. The maximum absolute atomic E-state index is 12.1. The number of aryl methyl sites for hydroxylation is 1. The van der Waals surface area contributed by atoms with Crippen molar-refractivity contribution in [2.45, 2.75) is 13.8 Å². The summed E-state index contributed by atoms with van der Waals surface area (Å²) in [6.07, 6.45) is 0. The number of hydrogen-bond donors (Lipinski definition) is 1. The van der Waals surface area contributed by atoms with Gasteiger partial charge in [0.2, 0.25) is 0 Å². The Morgan fingerprint density at radius 1 is 1.25 bits per heavy atom. The standard InChI is InChI=1S/C15H15NO4/c1-9-7-11(17)8-14(18)16(9)13-6-4-5-12(10(13)2)15(19)20-3/h4-8,17H,1-3H3. The summed E-state index contributed by atoms with van der Waals surface area (Å²) in [6, 6.07) is 7.70. The molecule has 0 unspecified atom stereocenters. The number of methoxy groups -OCH3 is 1. The van der Waals surface area contributed by atoms with Crippen LogP contribution in [0.5, 0.6) is 5.75 Å². The lowest BCUT2D eigenvalue weighted by Gasteiger charge is -2.14. The fraction of sp³-hybridized carbons (Fsp3) is 0.200. The van der Waals surface area contributed by atoms with Gasteiger partial charge in [-0.1, -0.05) is 6.07 Å². The van der Waals surface area contributed by atoms with Gasteiger partial charge < -0.3 is 9.84 Å². The van der Waals surface area contributed by atoms with Crippen LogP contribution < -0.4 is 5.56 Å². The van der Waals surface area contributed by atoms with Gasteiger partial charge in [0.05, 0.1) is 18.4 Å². The van der Waals surface area contributed by atoms with Gasteiger partial charge in [0.1, 0.15) is 5.75 Å². The number of carbonyl (C=O) groups is 1. The smallest absolute Gasteiger partial charge is 0.338 e. The molecule has 0 saturated heterocycles. The zero-order valence-electron chi connectivity index (χ0n) is 11.5. The van der Waals surface area contributed by atoms with Crippen LogP contribution in [0, 0.1) is 13.8 Å². The number of pyridine rings is 1. The van der Waals surface area contributed by atoms with Gasteiger partial charge >= 0.3 is 5.97 Å². The van der Waals surface area contributed by atoms with Crippen molar-refractivity contribution in [2.24, 2.45) is 0 Å². The number of carbonyl (C=O) groups excluding carboxylic acids is 1. The second-order valence-electron chi connectivity index (χ2n) is 4.47. The summed E-state index contributed by atoms with van der Waals surface area (Å²) in [5.74, 6) is -0.528. The van der Waals surface area contributed by atoms with Crippen molar-refractivity contribution in [1.29, 1.82) is 0 Å². The van der Waals surface area contributed by atoms with E-state index in [9.17, 15) is 14.7 Å². The average molecular weight is 273 g/mol. The van der Waals surface area contributed by atoms with E-state index in [-0.39, 0.29) is 11.3 Å². The third-order valence-corrected chi connectivity index (χ3v) is 3.15. The van der Waals surface area contributed by atoms with Crippen LogP contribution in [0.4, 0.5) is 0 Å². The molecule has 0 spiro atoms. The average Bonchev–Trinajstić information content (AvgIpc) is 2.38. The van der Waals surface area contributed by atoms with Gasteiger partial charge in [-0.25, -0.2) is 4.79 Å². The quantitative estimate of drug-likeness (QED) is 0.849. The number of rotatable bonds is 2. The van der Waals surface area contributed by atoms with E-state index in [1.54, 1.807) is 32.0 Å². The Balaban J connectivity index is 2.72. The van der Waals surface area contributed by atoms with E-state index >= 15 is 0 Å². The molecule has 104 valence electrons. The summed E-state index contributed by atoms with van der Waals surface area (Å²) in [6.45, 7) is 3.46. The number of aromatic nitrogens is 1. The van der Waals surface area contributed by atoms with Crippen LogP contribution >= 0.6 is 0 Å². The Morgan fingerprint density at radius 3 is 2.55 bits per heavy atom. The predicted molar refractivity (Wildman–Crippen MR) is 74.5 cm³/mol. The van der Waals surface area contributed by atoms with E-state index in [4.69, 9.17) is 4.74 Å². The normalized spacial score (nSPS) is 10.3. The highest BCUT2D eigenvalue weighted by Crippen LogP contribution is 2.20. The Kier molecular flexibility index (Phi) is 3.61. The molecule has 0 atom stereocenters. The lowest BCUT2D eigenvalue weighted by molar-refractivity contribution is 0.0600. The Bertz CT molecular complexity index is 731. The largest absolute Gasteiger partial charge is 0.508 e. The molecule has 1 heterocycles. The van der Waals surface area contributed by atoms with Gasteiger partial charge in [-0.2, -0.15) is 0 Å². The number of nitrogens with zero attached hydrogens (tertiary/aromatic N) is 1. The van der Waals surface area contributed by atoms with E-state index in [2.05, 4.69) is 0 Å². The molecule has 5 nitrogen and oxygen atoms in total. The summed E-state index contributed by atoms with van der Waals surface area (Å²) in [5.41, 5.74) is 1.88. The molecule has 0 amide bonds. The number of benzene rings is 1. The van der Waals surface area contributed by atoms with Crippen molar-refractivity contribution >= 4 is 5.97 Å². The second-order valence-corrected chi connectivity index (χ2v) is 4.47. The lowest BCUT2D eigenvalue weighted by atomic mass is 10.1. The van der Waals surface area contributed by atoms with E-state index in [1.165, 1.54) is 17.7 Å². The molecule has 0 fully saturated rings. The summed E-state index contributed by atoms with van der Waals surface area (Å²) in [4.78, 5) is 23.7. The van der Waals surface area contributed by atoms with Gasteiger partial charge in [-0.05, 0) is 37.6 Å². The monoisotopic (exact) mass is 273 g/mol. The van der Waals surface area contributed by atoms with Crippen LogP contribution in [-0.2, 0) is 4.74 Å². The van der Waals surface area contributed by atoms with Crippen molar-refractivity contribution in [3.63, 3.8) is 0 Å². The minimum atomic E-state index is -0.450. The summed E-state index contributed by atoms with van der Waals surface area (Å²) in [7, 11) is 1.31. The van der Waals surface area contributed by atoms with E-state index in [0.717, 1.165) is 6.07 Å². The van der Waals surface area contributed by atoms with Gasteiger partial charge in [-0.15, -0.1) is 0 Å². The van der Waals surface area contributed by atoms with Crippen LogP contribution in [-0.4, -0.2) is 22.8 Å². The van der Waals surface area contributed by atoms with Crippen molar-refractivity contribution in [1.82, 2.24) is 4.57 Å². The molecule has 5 heteroatoms. The molecule has 2 aromatic rings. The molecular weight excluding hydrogens is 258 g/mol. The van der Waals surface area contributed by atoms with Gasteiger partial charge in [0, 0.05) is 11.8 Å². The van der Waals surface area contributed by atoms with E-state index in [0.29, 0.717) is 22.5 Å². The first kappa shape index (κ1) is 13.9. The van der Waals surface area contributed by atoms with Crippen LogP contribution in [0.25, 0.3) is 5.69 Å². The van der Waals surface area contributed by atoms with Crippen LogP contribution in [0.2, 0.25) is 0 Å². The second kappa shape index (κ2) is 5.21. The minimum absolute atomic E-state index is 0.0782. The highest BCUT2D eigenvalue weighted by atomic mass is 16.5. The molecule has 1 N–H and O–H groups in total. The summed E-state index contributed by atoms with van der Waals surface area (Å²) >= 11 is 0. The van der Waals surface area contributed by atoms with E-state index < -0.39 is 5.97 Å². The first-order valence-electron chi connectivity index (χ1n) is 6.06. The highest BCUT2D eigenvalue weighted by Gasteiger charge is 2.14. The molecule has 0 aliphatic carbocycles. The first-order valence-corrected chi connectivity index (χ1v) is 6.06. The highest BCUT2D eigenvalue weighted by molar-refractivity contribution is 5.92. The number of hydrogen-bond acceptors (Lipinski definition) is 4. The topological polar surface area (TPSA) is 68.5 Å². The Morgan fingerprint density at radius 2 is 1.95 bits per heavy atom. The van der Waals surface area contributed by atoms with E-state index in [1.807, 2.05) is 0 Å². The van der Waals surface area contributed by atoms with Crippen molar-refractivity contribution in [3.8, 4) is 11.4 Å². The number of aromatic hydroxyl groups is 1. The fourth-order valence-electron chi connectivity index (χ4n) is 2.19. The van der Waals surface area contributed by atoms with Gasteiger partial charge in [0.25, 0.3) is 5.56 Å². The molecule has 0 bridgehead atoms. The zero-order valence-corrected chi connectivity index (χ0v) is 11.5. The summed E-state index contributed by atoms with van der Waals surface area (Å²) in [5, 5.41) is 9.43. The molecule has 0 aliphatic rings. The third kappa shape index (κ3) is 2.30. The number of ether oxygens (including phenoxy) is 1. The molecule has 1 aromatic heterocycles. The maximum atomic E-state index is 12.1. The SMILES string of the molecule is COC(=O)c1cccc(-n2c(C)cc(O)cc2=O)c1C. The zero-order chi connectivity index (χ0) is 14.9. The fourth-order valence-corrected chi connectivity index (χ4v) is 2.19. The molecule has 0 saturated carbocycles. The van der Waals surface area contributed by atoms with Crippen molar-refractivity contribution in [2.75, 3.05) is 7.11 Å².